The lowest BCUT2D eigenvalue weighted by atomic mass is 10.1. The van der Waals surface area contributed by atoms with E-state index in [2.05, 4.69) is 10.3 Å². The zero-order valence-corrected chi connectivity index (χ0v) is 10.3. The maximum atomic E-state index is 12.1. The van der Waals surface area contributed by atoms with Crippen LogP contribution in [0.4, 0.5) is 5.69 Å². The summed E-state index contributed by atoms with van der Waals surface area (Å²) in [6, 6.07) is 9.02. The molecule has 0 saturated heterocycles. The molecule has 0 fully saturated rings. The molecule has 1 heterocycles. The molecule has 2 rings (SSSR count). The van der Waals surface area contributed by atoms with Crippen molar-refractivity contribution >= 4 is 11.6 Å². The second-order valence-electron chi connectivity index (χ2n) is 3.85. The van der Waals surface area contributed by atoms with Crippen molar-refractivity contribution in [3.63, 3.8) is 0 Å². The fourth-order valence-electron chi connectivity index (χ4n) is 1.74. The zero-order chi connectivity index (χ0) is 13.0. The van der Waals surface area contributed by atoms with Gasteiger partial charge in [-0.3, -0.25) is 9.78 Å². The van der Waals surface area contributed by atoms with Crippen LogP contribution in [0, 0.1) is 6.92 Å². The first-order valence-electron chi connectivity index (χ1n) is 5.57. The number of carbonyl (C=O) groups excluding carboxylic acids is 1. The van der Waals surface area contributed by atoms with Crippen molar-refractivity contribution in [2.45, 2.75) is 6.92 Å². The Hall–Kier alpha value is -2.36. The van der Waals surface area contributed by atoms with Crippen molar-refractivity contribution < 1.29 is 9.53 Å². The first kappa shape index (κ1) is 12.1. The molecule has 1 aromatic heterocycles. The van der Waals surface area contributed by atoms with Gasteiger partial charge in [0.05, 0.1) is 24.6 Å². The average molecular weight is 242 g/mol. The topological polar surface area (TPSA) is 51.2 Å². The molecule has 0 spiro atoms. The Labute approximate surface area is 106 Å². The molecule has 1 N–H and O–H groups in total. The summed E-state index contributed by atoms with van der Waals surface area (Å²) in [5, 5.41) is 2.78. The monoisotopic (exact) mass is 242 g/mol. The van der Waals surface area contributed by atoms with Crippen LogP contribution in [0.15, 0.2) is 42.7 Å². The third kappa shape index (κ3) is 2.48. The van der Waals surface area contributed by atoms with Gasteiger partial charge in [0.25, 0.3) is 5.91 Å². The van der Waals surface area contributed by atoms with Crippen LogP contribution in [0.1, 0.15) is 15.9 Å². The molecule has 0 atom stereocenters. The number of pyridine rings is 1. The Bertz CT molecular complexity index is 553. The maximum Gasteiger partial charge on any atom is 0.259 e. The molecule has 18 heavy (non-hydrogen) atoms. The summed E-state index contributed by atoms with van der Waals surface area (Å²) in [4.78, 5) is 16.1. The smallest absolute Gasteiger partial charge is 0.259 e. The number of para-hydroxylation sites is 1. The van der Waals surface area contributed by atoms with Gasteiger partial charge in [0.2, 0.25) is 0 Å². The lowest BCUT2D eigenvalue weighted by Gasteiger charge is -2.11. The van der Waals surface area contributed by atoms with Crippen LogP contribution < -0.4 is 10.1 Å². The number of methoxy groups -OCH3 is 1. The van der Waals surface area contributed by atoms with E-state index in [1.54, 1.807) is 37.7 Å². The number of aromatic nitrogens is 1. The summed E-state index contributed by atoms with van der Waals surface area (Å²) in [5.41, 5.74) is 2.10. The van der Waals surface area contributed by atoms with Gasteiger partial charge < -0.3 is 10.1 Å². The highest BCUT2D eigenvalue weighted by atomic mass is 16.5. The van der Waals surface area contributed by atoms with Gasteiger partial charge in [-0.05, 0) is 30.7 Å². The van der Waals surface area contributed by atoms with Crippen molar-refractivity contribution in [1.82, 2.24) is 4.98 Å². The Kier molecular flexibility index (Phi) is 3.57. The van der Waals surface area contributed by atoms with Gasteiger partial charge in [0.1, 0.15) is 5.75 Å². The van der Waals surface area contributed by atoms with E-state index in [4.69, 9.17) is 4.74 Å². The minimum Gasteiger partial charge on any atom is -0.496 e. The molecule has 0 bridgehead atoms. The molecule has 0 aliphatic carbocycles. The molecule has 0 unspecified atom stereocenters. The van der Waals surface area contributed by atoms with Crippen LogP contribution in [0.3, 0.4) is 0 Å². The van der Waals surface area contributed by atoms with Gasteiger partial charge in [0.15, 0.2) is 0 Å². The Morgan fingerprint density at radius 2 is 2.11 bits per heavy atom. The van der Waals surface area contributed by atoms with Crippen LogP contribution in [0.5, 0.6) is 5.75 Å². The SMILES string of the molecule is COc1c(C)cccc1C(=O)Nc1cccnc1. The number of anilines is 1. The standard InChI is InChI=1S/C14H14N2O2/c1-10-5-3-7-12(13(10)18-2)14(17)16-11-6-4-8-15-9-11/h3-9H,1-2H3,(H,16,17). The molecule has 2 aromatic rings. The molecule has 0 aliphatic heterocycles. The van der Waals surface area contributed by atoms with Crippen molar-refractivity contribution in [2.24, 2.45) is 0 Å². The minimum absolute atomic E-state index is 0.205. The second-order valence-corrected chi connectivity index (χ2v) is 3.85. The van der Waals surface area contributed by atoms with Gasteiger partial charge in [0, 0.05) is 6.20 Å². The van der Waals surface area contributed by atoms with E-state index in [-0.39, 0.29) is 5.91 Å². The third-order valence-corrected chi connectivity index (χ3v) is 2.58. The second kappa shape index (κ2) is 5.31. The largest absolute Gasteiger partial charge is 0.496 e. The normalized spacial score (nSPS) is 9.89. The van der Waals surface area contributed by atoms with Crippen molar-refractivity contribution in [3.05, 3.63) is 53.9 Å². The quantitative estimate of drug-likeness (QED) is 0.900. The van der Waals surface area contributed by atoms with Gasteiger partial charge in [-0.25, -0.2) is 0 Å². The first-order chi connectivity index (χ1) is 8.72. The number of nitrogens with one attached hydrogen (secondary N) is 1. The molecule has 92 valence electrons. The molecule has 1 aromatic carbocycles. The summed E-state index contributed by atoms with van der Waals surface area (Å²) in [6.07, 6.45) is 3.25. The zero-order valence-electron chi connectivity index (χ0n) is 10.3. The van der Waals surface area contributed by atoms with Crippen LogP contribution in [-0.2, 0) is 0 Å². The summed E-state index contributed by atoms with van der Waals surface area (Å²) in [5.74, 6) is 0.391. The van der Waals surface area contributed by atoms with E-state index in [0.717, 1.165) is 5.56 Å². The number of rotatable bonds is 3. The number of hydrogen-bond acceptors (Lipinski definition) is 3. The molecular formula is C14H14N2O2. The number of amides is 1. The average Bonchev–Trinajstić information content (AvgIpc) is 2.39. The number of aryl methyl sites for hydroxylation is 1. The molecule has 0 aliphatic rings. The first-order valence-corrected chi connectivity index (χ1v) is 5.57. The molecule has 0 radical (unpaired) electrons. The highest BCUT2D eigenvalue weighted by Crippen LogP contribution is 2.23. The Morgan fingerprint density at radius 3 is 2.78 bits per heavy atom. The van der Waals surface area contributed by atoms with Crippen LogP contribution >= 0.6 is 0 Å². The number of hydrogen-bond donors (Lipinski definition) is 1. The molecule has 4 nitrogen and oxygen atoms in total. The van der Waals surface area contributed by atoms with Crippen molar-refractivity contribution in [1.29, 1.82) is 0 Å². The van der Waals surface area contributed by atoms with E-state index in [1.165, 1.54) is 0 Å². The van der Waals surface area contributed by atoms with Crippen molar-refractivity contribution in [2.75, 3.05) is 12.4 Å². The fraction of sp³-hybridized carbons (Fsp3) is 0.143. The van der Waals surface area contributed by atoms with E-state index in [9.17, 15) is 4.79 Å². The van der Waals surface area contributed by atoms with Gasteiger partial charge in [-0.15, -0.1) is 0 Å². The highest BCUT2D eigenvalue weighted by molar-refractivity contribution is 6.06. The van der Waals surface area contributed by atoms with Crippen LogP contribution in [0.2, 0.25) is 0 Å². The fourth-order valence-corrected chi connectivity index (χ4v) is 1.74. The van der Waals surface area contributed by atoms with Crippen LogP contribution in [0.25, 0.3) is 0 Å². The summed E-state index contributed by atoms with van der Waals surface area (Å²) >= 11 is 0. The van der Waals surface area contributed by atoms with E-state index >= 15 is 0 Å². The molecular weight excluding hydrogens is 228 g/mol. The minimum atomic E-state index is -0.205. The number of nitrogens with zero attached hydrogens (tertiary/aromatic N) is 1. The molecule has 1 amide bonds. The highest BCUT2D eigenvalue weighted by Gasteiger charge is 2.13. The third-order valence-electron chi connectivity index (χ3n) is 2.58. The summed E-state index contributed by atoms with van der Waals surface area (Å²) in [6.45, 7) is 1.90. The van der Waals surface area contributed by atoms with Crippen molar-refractivity contribution in [3.8, 4) is 5.75 Å². The van der Waals surface area contributed by atoms with E-state index < -0.39 is 0 Å². The predicted octanol–water partition coefficient (Wildman–Crippen LogP) is 2.65. The Morgan fingerprint density at radius 1 is 1.28 bits per heavy atom. The number of carbonyl (C=O) groups is 1. The predicted molar refractivity (Wildman–Crippen MR) is 69.9 cm³/mol. The maximum absolute atomic E-state index is 12.1. The summed E-state index contributed by atoms with van der Waals surface area (Å²) < 4.78 is 5.26. The molecule has 4 heteroatoms. The lowest BCUT2D eigenvalue weighted by molar-refractivity contribution is 0.102. The van der Waals surface area contributed by atoms with Crippen LogP contribution in [-0.4, -0.2) is 18.0 Å². The lowest BCUT2D eigenvalue weighted by Crippen LogP contribution is -2.13. The number of ether oxygens (including phenoxy) is 1. The van der Waals surface area contributed by atoms with E-state index in [0.29, 0.717) is 17.0 Å². The number of benzene rings is 1. The molecule has 0 saturated carbocycles. The Balaban J connectivity index is 2.27. The van der Waals surface area contributed by atoms with Gasteiger partial charge >= 0.3 is 0 Å². The van der Waals surface area contributed by atoms with Gasteiger partial charge in [-0.2, -0.15) is 0 Å². The van der Waals surface area contributed by atoms with E-state index in [1.807, 2.05) is 19.1 Å². The van der Waals surface area contributed by atoms with Gasteiger partial charge in [-0.1, -0.05) is 12.1 Å². The summed E-state index contributed by atoms with van der Waals surface area (Å²) in [7, 11) is 1.56.